The van der Waals surface area contributed by atoms with Crippen LogP contribution in [0.1, 0.15) is 37.0 Å². The summed E-state index contributed by atoms with van der Waals surface area (Å²) in [4.78, 5) is 14.8. The summed E-state index contributed by atoms with van der Waals surface area (Å²) in [6.45, 7) is 8.39. The average Bonchev–Trinajstić information content (AvgIpc) is 2.62. The summed E-state index contributed by atoms with van der Waals surface area (Å²) in [5, 5.41) is 3.04. The molecule has 2 amide bonds. The molecule has 0 saturated carbocycles. The predicted octanol–water partition coefficient (Wildman–Crippen LogP) is 4.47. The molecule has 6 nitrogen and oxygen atoms in total. The van der Waals surface area contributed by atoms with Crippen molar-refractivity contribution in [2.45, 2.75) is 46.7 Å². The van der Waals surface area contributed by atoms with Crippen LogP contribution in [0.3, 0.4) is 0 Å². The average molecular weight is 405 g/mol. The number of benzene rings is 2. The van der Waals surface area contributed by atoms with Gasteiger partial charge in [0.2, 0.25) is 0 Å². The van der Waals surface area contributed by atoms with E-state index < -0.39 is 10.1 Å². The van der Waals surface area contributed by atoms with Gasteiger partial charge in [0.15, 0.2) is 0 Å². The number of rotatable bonds is 7. The second kappa shape index (κ2) is 9.10. The van der Waals surface area contributed by atoms with Gasteiger partial charge in [0.25, 0.3) is 0 Å². The molecule has 2 aromatic rings. The standard InChI is InChI=1S/C21H28N2O4S/c1-6-17(4)23(21(24)22-20-15(2)8-7-9-16(20)3)14-18-10-12-19(13-11-18)27-28(5,25)26/h7-13,17H,6,14H2,1-5H3,(H,22,24)/t17-/m0/s1. The zero-order chi connectivity index (χ0) is 20.9. The SMILES string of the molecule is CC[C@H](C)N(Cc1ccc(OS(C)(=O)=O)cc1)C(=O)Nc1c(C)cccc1C. The highest BCUT2D eigenvalue weighted by Gasteiger charge is 2.20. The Balaban J connectivity index is 2.18. The number of nitrogens with zero attached hydrogens (tertiary/aromatic N) is 1. The third-order valence-corrected chi connectivity index (χ3v) is 5.12. The number of carbonyl (C=O) groups is 1. The monoisotopic (exact) mass is 404 g/mol. The summed E-state index contributed by atoms with van der Waals surface area (Å²) in [5.41, 5.74) is 3.75. The van der Waals surface area contributed by atoms with Crippen LogP contribution in [-0.4, -0.2) is 31.6 Å². The maximum Gasteiger partial charge on any atom is 0.322 e. The van der Waals surface area contributed by atoms with Crippen molar-refractivity contribution >= 4 is 21.8 Å². The van der Waals surface area contributed by atoms with E-state index in [1.165, 1.54) is 0 Å². The van der Waals surface area contributed by atoms with Gasteiger partial charge in [-0.15, -0.1) is 0 Å². The molecule has 1 N–H and O–H groups in total. The first-order chi connectivity index (χ1) is 13.1. The van der Waals surface area contributed by atoms with Crippen molar-refractivity contribution in [3.05, 3.63) is 59.2 Å². The quantitative estimate of drug-likeness (QED) is 0.691. The highest BCUT2D eigenvalue weighted by molar-refractivity contribution is 7.86. The molecule has 0 heterocycles. The summed E-state index contributed by atoms with van der Waals surface area (Å²) in [7, 11) is -3.56. The Morgan fingerprint density at radius 1 is 1.11 bits per heavy atom. The fourth-order valence-electron chi connectivity index (χ4n) is 2.86. The molecule has 2 rings (SSSR count). The van der Waals surface area contributed by atoms with E-state index >= 15 is 0 Å². The third-order valence-electron chi connectivity index (χ3n) is 4.62. The molecule has 0 spiro atoms. The number of urea groups is 1. The van der Waals surface area contributed by atoms with Crippen molar-refractivity contribution in [2.24, 2.45) is 0 Å². The fraction of sp³-hybridized carbons (Fsp3) is 0.381. The lowest BCUT2D eigenvalue weighted by Crippen LogP contribution is -2.40. The first-order valence-corrected chi connectivity index (χ1v) is 11.0. The minimum absolute atomic E-state index is 0.0382. The third kappa shape index (κ3) is 5.99. The number of nitrogens with one attached hydrogen (secondary N) is 1. The lowest BCUT2D eigenvalue weighted by Gasteiger charge is -2.29. The Bertz CT molecular complexity index is 904. The molecule has 7 heteroatoms. The number of hydrogen-bond donors (Lipinski definition) is 1. The zero-order valence-corrected chi connectivity index (χ0v) is 17.8. The molecule has 0 bridgehead atoms. The molecule has 152 valence electrons. The Morgan fingerprint density at radius 2 is 1.68 bits per heavy atom. The second-order valence-corrected chi connectivity index (χ2v) is 8.59. The largest absolute Gasteiger partial charge is 0.383 e. The van der Waals surface area contributed by atoms with E-state index in [2.05, 4.69) is 5.32 Å². The first kappa shape index (κ1) is 21.8. The van der Waals surface area contributed by atoms with Crippen LogP contribution in [0.2, 0.25) is 0 Å². The number of amides is 2. The molecule has 0 saturated heterocycles. The van der Waals surface area contributed by atoms with Crippen LogP contribution >= 0.6 is 0 Å². The van der Waals surface area contributed by atoms with Gasteiger partial charge in [-0.2, -0.15) is 8.42 Å². The number of anilines is 1. The lowest BCUT2D eigenvalue weighted by molar-refractivity contribution is 0.187. The minimum Gasteiger partial charge on any atom is -0.383 e. The highest BCUT2D eigenvalue weighted by Crippen LogP contribution is 2.22. The molecular formula is C21H28N2O4S. The van der Waals surface area contributed by atoms with Crippen molar-refractivity contribution in [1.29, 1.82) is 0 Å². The summed E-state index contributed by atoms with van der Waals surface area (Å²) in [6, 6.07) is 12.5. The van der Waals surface area contributed by atoms with E-state index in [9.17, 15) is 13.2 Å². The van der Waals surface area contributed by atoms with Gasteiger partial charge in [0, 0.05) is 18.3 Å². The van der Waals surface area contributed by atoms with Crippen molar-refractivity contribution in [2.75, 3.05) is 11.6 Å². The van der Waals surface area contributed by atoms with E-state index in [1.54, 1.807) is 29.2 Å². The van der Waals surface area contributed by atoms with Gasteiger partial charge < -0.3 is 14.4 Å². The molecule has 0 aliphatic carbocycles. The van der Waals surface area contributed by atoms with Gasteiger partial charge in [0.05, 0.1) is 6.26 Å². The molecule has 0 aliphatic rings. The van der Waals surface area contributed by atoms with Crippen LogP contribution < -0.4 is 9.50 Å². The van der Waals surface area contributed by atoms with Gasteiger partial charge in [-0.3, -0.25) is 0 Å². The Hall–Kier alpha value is -2.54. The first-order valence-electron chi connectivity index (χ1n) is 9.23. The van der Waals surface area contributed by atoms with E-state index in [-0.39, 0.29) is 17.8 Å². The molecule has 2 aromatic carbocycles. The van der Waals surface area contributed by atoms with Gasteiger partial charge in [-0.25, -0.2) is 4.79 Å². The molecule has 0 aromatic heterocycles. The number of carbonyl (C=O) groups excluding carboxylic acids is 1. The van der Waals surface area contributed by atoms with Crippen LogP contribution in [0, 0.1) is 13.8 Å². The van der Waals surface area contributed by atoms with E-state index in [0.29, 0.717) is 6.54 Å². The Labute approximate surface area is 167 Å². The summed E-state index contributed by atoms with van der Waals surface area (Å²) < 4.78 is 27.3. The lowest BCUT2D eigenvalue weighted by atomic mass is 10.1. The number of hydrogen-bond acceptors (Lipinski definition) is 4. The molecular weight excluding hydrogens is 376 g/mol. The van der Waals surface area contributed by atoms with Crippen molar-refractivity contribution in [3.63, 3.8) is 0 Å². The summed E-state index contributed by atoms with van der Waals surface area (Å²) >= 11 is 0. The second-order valence-electron chi connectivity index (χ2n) is 7.01. The molecule has 0 unspecified atom stereocenters. The highest BCUT2D eigenvalue weighted by atomic mass is 32.2. The van der Waals surface area contributed by atoms with Crippen LogP contribution in [0.5, 0.6) is 5.75 Å². The zero-order valence-electron chi connectivity index (χ0n) is 17.0. The normalized spacial score (nSPS) is 12.3. The fourth-order valence-corrected chi connectivity index (χ4v) is 3.32. The van der Waals surface area contributed by atoms with E-state index in [1.807, 2.05) is 45.9 Å². The number of aryl methyl sites for hydroxylation is 2. The van der Waals surface area contributed by atoms with Crippen LogP contribution in [0.4, 0.5) is 10.5 Å². The molecule has 0 aliphatic heterocycles. The van der Waals surface area contributed by atoms with E-state index in [4.69, 9.17) is 4.18 Å². The van der Waals surface area contributed by atoms with Crippen LogP contribution in [0.25, 0.3) is 0 Å². The smallest absolute Gasteiger partial charge is 0.322 e. The van der Waals surface area contributed by atoms with Gasteiger partial charge in [-0.1, -0.05) is 37.3 Å². The maximum absolute atomic E-state index is 13.0. The van der Waals surface area contributed by atoms with Crippen molar-refractivity contribution in [3.8, 4) is 5.75 Å². The topological polar surface area (TPSA) is 75.7 Å². The van der Waals surface area contributed by atoms with E-state index in [0.717, 1.165) is 35.1 Å². The van der Waals surface area contributed by atoms with Crippen LogP contribution in [0.15, 0.2) is 42.5 Å². The summed E-state index contributed by atoms with van der Waals surface area (Å²) in [5.74, 6) is 0.251. The Kier molecular flexibility index (Phi) is 7.07. The molecule has 1 atom stereocenters. The van der Waals surface area contributed by atoms with Gasteiger partial charge in [0.1, 0.15) is 5.75 Å². The molecule has 0 radical (unpaired) electrons. The number of para-hydroxylation sites is 1. The summed E-state index contributed by atoms with van der Waals surface area (Å²) in [6.07, 6.45) is 1.82. The molecule has 28 heavy (non-hydrogen) atoms. The van der Waals surface area contributed by atoms with Crippen LogP contribution in [-0.2, 0) is 16.7 Å². The van der Waals surface area contributed by atoms with Crippen molar-refractivity contribution < 1.29 is 17.4 Å². The Morgan fingerprint density at radius 3 is 2.18 bits per heavy atom. The molecule has 0 fully saturated rings. The predicted molar refractivity (Wildman–Crippen MR) is 112 cm³/mol. The van der Waals surface area contributed by atoms with Crippen molar-refractivity contribution in [1.82, 2.24) is 4.90 Å². The van der Waals surface area contributed by atoms with Gasteiger partial charge in [-0.05, 0) is 56.0 Å². The minimum atomic E-state index is -3.56. The maximum atomic E-state index is 13.0. The van der Waals surface area contributed by atoms with Gasteiger partial charge >= 0.3 is 16.1 Å².